The molecule has 2 amide bonds. The second-order valence-corrected chi connectivity index (χ2v) is 5.39. The topological polar surface area (TPSA) is 32.3 Å². The van der Waals surface area contributed by atoms with E-state index in [1.54, 1.807) is 4.90 Å². The fourth-order valence-electron chi connectivity index (χ4n) is 2.48. The van der Waals surface area contributed by atoms with Crippen LogP contribution < -0.4 is 10.2 Å². The largest absolute Gasteiger partial charge is 0.326 e. The van der Waals surface area contributed by atoms with Gasteiger partial charge >= 0.3 is 6.03 Å². The smallest absolute Gasteiger partial charge is 0.308 e. The first-order valence-electron chi connectivity index (χ1n) is 7.23. The van der Waals surface area contributed by atoms with Gasteiger partial charge in [-0.25, -0.2) is 4.79 Å². The van der Waals surface area contributed by atoms with Crippen LogP contribution in [0.1, 0.15) is 23.6 Å². The summed E-state index contributed by atoms with van der Waals surface area (Å²) in [6.07, 6.45) is 0. The van der Waals surface area contributed by atoms with Crippen LogP contribution in [-0.4, -0.2) is 12.6 Å². The molecule has 110 valence electrons. The maximum absolute atomic E-state index is 12.5. The molecule has 0 bridgehead atoms. The third-order valence-corrected chi connectivity index (χ3v) is 3.35. The number of hydrogen-bond donors (Lipinski definition) is 1. The molecule has 0 aromatic heterocycles. The number of anilines is 2. The lowest BCUT2D eigenvalue weighted by atomic mass is 10.1. The SMILES string of the molecule is CCN(C(=O)Nc1cc(C)cc(C)c1)c1cccc(C)c1. The average Bonchev–Trinajstić information content (AvgIpc) is 2.38. The Labute approximate surface area is 126 Å². The van der Waals surface area contributed by atoms with Crippen LogP contribution in [0.15, 0.2) is 42.5 Å². The number of aryl methyl sites for hydroxylation is 3. The predicted molar refractivity (Wildman–Crippen MR) is 89.1 cm³/mol. The van der Waals surface area contributed by atoms with Crippen molar-refractivity contribution in [1.29, 1.82) is 0 Å². The van der Waals surface area contributed by atoms with Crippen LogP contribution in [0, 0.1) is 20.8 Å². The second-order valence-electron chi connectivity index (χ2n) is 5.39. The molecule has 0 spiro atoms. The third-order valence-electron chi connectivity index (χ3n) is 3.35. The van der Waals surface area contributed by atoms with Gasteiger partial charge in [0.2, 0.25) is 0 Å². The molecule has 0 saturated heterocycles. The molecule has 0 unspecified atom stereocenters. The highest BCUT2D eigenvalue weighted by atomic mass is 16.2. The van der Waals surface area contributed by atoms with E-state index in [0.717, 1.165) is 28.1 Å². The first kappa shape index (κ1) is 15.1. The van der Waals surface area contributed by atoms with Crippen molar-refractivity contribution < 1.29 is 4.79 Å². The van der Waals surface area contributed by atoms with Gasteiger partial charge < -0.3 is 5.32 Å². The van der Waals surface area contributed by atoms with Crippen LogP contribution in [0.3, 0.4) is 0 Å². The van der Waals surface area contributed by atoms with E-state index >= 15 is 0 Å². The van der Waals surface area contributed by atoms with Crippen molar-refractivity contribution in [3.8, 4) is 0 Å². The quantitative estimate of drug-likeness (QED) is 0.871. The Hall–Kier alpha value is -2.29. The molecule has 2 aromatic carbocycles. The first-order chi connectivity index (χ1) is 9.99. The molecule has 0 atom stereocenters. The third kappa shape index (κ3) is 3.85. The molecule has 0 aliphatic heterocycles. The zero-order chi connectivity index (χ0) is 15.4. The summed E-state index contributed by atoms with van der Waals surface area (Å²) in [5.41, 5.74) is 5.18. The van der Waals surface area contributed by atoms with Crippen molar-refractivity contribution in [2.75, 3.05) is 16.8 Å². The summed E-state index contributed by atoms with van der Waals surface area (Å²) in [6.45, 7) is 8.68. The Morgan fingerprint density at radius 3 is 2.24 bits per heavy atom. The number of carbonyl (C=O) groups excluding carboxylic acids is 1. The summed E-state index contributed by atoms with van der Waals surface area (Å²) in [4.78, 5) is 14.2. The highest BCUT2D eigenvalue weighted by molar-refractivity contribution is 6.01. The van der Waals surface area contributed by atoms with Crippen molar-refractivity contribution in [2.24, 2.45) is 0 Å². The van der Waals surface area contributed by atoms with Crippen LogP contribution in [0.25, 0.3) is 0 Å². The fraction of sp³-hybridized carbons (Fsp3) is 0.278. The van der Waals surface area contributed by atoms with E-state index in [4.69, 9.17) is 0 Å². The van der Waals surface area contributed by atoms with Crippen LogP contribution >= 0.6 is 0 Å². The van der Waals surface area contributed by atoms with Crippen molar-refractivity contribution in [3.05, 3.63) is 59.2 Å². The average molecular weight is 282 g/mol. The first-order valence-corrected chi connectivity index (χ1v) is 7.23. The van der Waals surface area contributed by atoms with Crippen LogP contribution in [0.2, 0.25) is 0 Å². The van der Waals surface area contributed by atoms with Gasteiger partial charge in [0.25, 0.3) is 0 Å². The number of amides is 2. The minimum atomic E-state index is -0.104. The Kier molecular flexibility index (Phi) is 4.63. The predicted octanol–water partition coefficient (Wildman–Crippen LogP) is 4.67. The van der Waals surface area contributed by atoms with Crippen molar-refractivity contribution in [2.45, 2.75) is 27.7 Å². The van der Waals surface area contributed by atoms with Gasteiger partial charge in [-0.15, -0.1) is 0 Å². The molecule has 0 fully saturated rings. The summed E-state index contributed by atoms with van der Waals surface area (Å²) >= 11 is 0. The van der Waals surface area contributed by atoms with Gasteiger partial charge in [-0.1, -0.05) is 18.2 Å². The summed E-state index contributed by atoms with van der Waals surface area (Å²) in [5.74, 6) is 0. The van der Waals surface area contributed by atoms with Gasteiger partial charge in [0.1, 0.15) is 0 Å². The zero-order valence-corrected chi connectivity index (χ0v) is 13.1. The van der Waals surface area contributed by atoms with Gasteiger partial charge in [-0.05, 0) is 68.7 Å². The lowest BCUT2D eigenvalue weighted by molar-refractivity contribution is 0.257. The number of urea groups is 1. The van der Waals surface area contributed by atoms with E-state index in [2.05, 4.69) is 11.4 Å². The van der Waals surface area contributed by atoms with Gasteiger partial charge in [-0.2, -0.15) is 0 Å². The van der Waals surface area contributed by atoms with E-state index < -0.39 is 0 Å². The maximum atomic E-state index is 12.5. The lowest BCUT2D eigenvalue weighted by Gasteiger charge is -2.22. The molecular weight excluding hydrogens is 260 g/mol. The van der Waals surface area contributed by atoms with Crippen LogP contribution in [0.4, 0.5) is 16.2 Å². The summed E-state index contributed by atoms with van der Waals surface area (Å²) in [7, 11) is 0. The second kappa shape index (κ2) is 6.44. The number of benzene rings is 2. The fourth-order valence-corrected chi connectivity index (χ4v) is 2.48. The molecular formula is C18H22N2O. The Morgan fingerprint density at radius 1 is 1.00 bits per heavy atom. The molecule has 21 heavy (non-hydrogen) atoms. The zero-order valence-electron chi connectivity index (χ0n) is 13.1. The van der Waals surface area contributed by atoms with Gasteiger partial charge in [0, 0.05) is 17.9 Å². The minimum absolute atomic E-state index is 0.104. The van der Waals surface area contributed by atoms with Gasteiger partial charge in [0.05, 0.1) is 0 Å². The Morgan fingerprint density at radius 2 is 1.67 bits per heavy atom. The van der Waals surface area contributed by atoms with E-state index in [0.29, 0.717) is 6.54 Å². The normalized spacial score (nSPS) is 10.3. The van der Waals surface area contributed by atoms with Crippen molar-refractivity contribution in [3.63, 3.8) is 0 Å². The van der Waals surface area contributed by atoms with Gasteiger partial charge in [0.15, 0.2) is 0 Å². The van der Waals surface area contributed by atoms with Gasteiger partial charge in [-0.3, -0.25) is 4.90 Å². The maximum Gasteiger partial charge on any atom is 0.326 e. The minimum Gasteiger partial charge on any atom is -0.308 e. The van der Waals surface area contributed by atoms with Crippen molar-refractivity contribution in [1.82, 2.24) is 0 Å². The highest BCUT2D eigenvalue weighted by Gasteiger charge is 2.14. The molecule has 0 aliphatic carbocycles. The molecule has 0 aliphatic rings. The Bertz CT molecular complexity index is 629. The van der Waals surface area contributed by atoms with E-state index in [9.17, 15) is 4.79 Å². The Balaban J connectivity index is 2.21. The van der Waals surface area contributed by atoms with Crippen LogP contribution in [0.5, 0.6) is 0 Å². The molecule has 0 heterocycles. The lowest BCUT2D eigenvalue weighted by Crippen LogP contribution is -2.34. The molecule has 2 rings (SSSR count). The molecule has 0 saturated carbocycles. The standard InChI is InChI=1S/C18H22N2O/c1-5-20(17-8-6-7-13(2)12-17)18(21)19-16-10-14(3)9-15(4)11-16/h6-12H,5H2,1-4H3,(H,19,21). The number of carbonyl (C=O) groups is 1. The van der Waals surface area contributed by atoms with E-state index in [-0.39, 0.29) is 6.03 Å². The number of hydrogen-bond acceptors (Lipinski definition) is 1. The van der Waals surface area contributed by atoms with Crippen molar-refractivity contribution >= 4 is 17.4 Å². The monoisotopic (exact) mass is 282 g/mol. The van der Waals surface area contributed by atoms with E-state index in [1.807, 2.05) is 64.1 Å². The summed E-state index contributed by atoms with van der Waals surface area (Å²) < 4.78 is 0. The van der Waals surface area contributed by atoms with E-state index in [1.165, 1.54) is 0 Å². The molecule has 2 aromatic rings. The number of nitrogens with zero attached hydrogens (tertiary/aromatic N) is 1. The van der Waals surface area contributed by atoms with Crippen LogP contribution in [-0.2, 0) is 0 Å². The number of nitrogens with one attached hydrogen (secondary N) is 1. The highest BCUT2D eigenvalue weighted by Crippen LogP contribution is 2.19. The summed E-state index contributed by atoms with van der Waals surface area (Å²) in [6, 6.07) is 13.9. The molecule has 3 heteroatoms. The molecule has 0 radical (unpaired) electrons. The number of rotatable bonds is 3. The molecule has 3 nitrogen and oxygen atoms in total. The molecule has 1 N–H and O–H groups in total. The summed E-state index contributed by atoms with van der Waals surface area (Å²) in [5, 5.41) is 2.98.